The smallest absolute Gasteiger partial charge is 0.146 e. The standard InChI is InChI=1S/C17H17FN4/c18-12-5-3-4-11(8-12)14-9-22(13-6-1-2-7-13)17-15(14)16(19)20-10-21-17/h3-5,8-10,13H,1-2,6-7H2,(H2,19,20,21). The lowest BCUT2D eigenvalue weighted by atomic mass is 10.1. The molecule has 22 heavy (non-hydrogen) atoms. The molecule has 5 heteroatoms. The van der Waals surface area contributed by atoms with Gasteiger partial charge in [0.25, 0.3) is 0 Å². The van der Waals surface area contributed by atoms with Crippen LogP contribution in [0, 0.1) is 5.82 Å². The summed E-state index contributed by atoms with van der Waals surface area (Å²) in [6.07, 6.45) is 8.33. The summed E-state index contributed by atoms with van der Waals surface area (Å²) in [5, 5.41) is 0.819. The molecule has 2 heterocycles. The fourth-order valence-electron chi connectivity index (χ4n) is 3.44. The summed E-state index contributed by atoms with van der Waals surface area (Å²) in [7, 11) is 0. The third kappa shape index (κ3) is 2.04. The van der Waals surface area contributed by atoms with Crippen LogP contribution >= 0.6 is 0 Å². The Bertz CT molecular complexity index is 834. The van der Waals surface area contributed by atoms with Gasteiger partial charge in [0.1, 0.15) is 23.6 Å². The quantitative estimate of drug-likeness (QED) is 0.779. The second kappa shape index (κ2) is 5.09. The Morgan fingerprint density at radius 2 is 2.00 bits per heavy atom. The van der Waals surface area contributed by atoms with Gasteiger partial charge in [-0.25, -0.2) is 14.4 Å². The topological polar surface area (TPSA) is 56.7 Å². The van der Waals surface area contributed by atoms with Gasteiger partial charge < -0.3 is 10.3 Å². The van der Waals surface area contributed by atoms with Crippen LogP contribution in [0.25, 0.3) is 22.2 Å². The molecule has 1 fully saturated rings. The van der Waals surface area contributed by atoms with Crippen molar-refractivity contribution in [2.45, 2.75) is 31.7 Å². The van der Waals surface area contributed by atoms with Crippen LogP contribution in [0.15, 0.2) is 36.8 Å². The molecule has 0 spiro atoms. The predicted molar refractivity (Wildman–Crippen MR) is 84.8 cm³/mol. The third-order valence-electron chi connectivity index (χ3n) is 4.49. The highest BCUT2D eigenvalue weighted by molar-refractivity contribution is 6.00. The Morgan fingerprint density at radius 3 is 2.77 bits per heavy atom. The highest BCUT2D eigenvalue weighted by atomic mass is 19.1. The molecule has 0 saturated heterocycles. The predicted octanol–water partition coefficient (Wildman–Crippen LogP) is 3.93. The maximum Gasteiger partial charge on any atom is 0.146 e. The van der Waals surface area contributed by atoms with E-state index in [0.717, 1.165) is 35.0 Å². The van der Waals surface area contributed by atoms with Crippen molar-refractivity contribution in [1.29, 1.82) is 0 Å². The van der Waals surface area contributed by atoms with Gasteiger partial charge in [-0.1, -0.05) is 25.0 Å². The van der Waals surface area contributed by atoms with Crippen molar-refractivity contribution >= 4 is 16.9 Å². The number of nitrogens with zero attached hydrogens (tertiary/aromatic N) is 3. The Morgan fingerprint density at radius 1 is 1.18 bits per heavy atom. The molecule has 4 rings (SSSR count). The summed E-state index contributed by atoms with van der Waals surface area (Å²) in [5.41, 5.74) is 8.64. The van der Waals surface area contributed by atoms with Crippen LogP contribution in [-0.4, -0.2) is 14.5 Å². The number of anilines is 1. The number of nitrogens with two attached hydrogens (primary N) is 1. The van der Waals surface area contributed by atoms with Crippen LogP contribution in [0.1, 0.15) is 31.7 Å². The Balaban J connectivity index is 1.98. The maximum atomic E-state index is 13.6. The molecule has 0 aliphatic heterocycles. The van der Waals surface area contributed by atoms with Gasteiger partial charge in [0.15, 0.2) is 0 Å². The van der Waals surface area contributed by atoms with Gasteiger partial charge in [-0.05, 0) is 30.5 Å². The van der Waals surface area contributed by atoms with Gasteiger partial charge >= 0.3 is 0 Å². The van der Waals surface area contributed by atoms with Crippen molar-refractivity contribution in [2.75, 3.05) is 5.73 Å². The number of halogens is 1. The van der Waals surface area contributed by atoms with Gasteiger partial charge in [0.05, 0.1) is 5.39 Å². The minimum atomic E-state index is -0.255. The highest BCUT2D eigenvalue weighted by Gasteiger charge is 2.22. The SMILES string of the molecule is Nc1ncnc2c1c(-c1cccc(F)c1)cn2C1CCCC1. The fraction of sp³-hybridized carbons (Fsp3) is 0.294. The van der Waals surface area contributed by atoms with E-state index in [1.165, 1.54) is 31.3 Å². The van der Waals surface area contributed by atoms with E-state index in [9.17, 15) is 4.39 Å². The van der Waals surface area contributed by atoms with E-state index >= 15 is 0 Å². The average Bonchev–Trinajstić information content (AvgIpc) is 3.15. The Hall–Kier alpha value is -2.43. The lowest BCUT2D eigenvalue weighted by Crippen LogP contribution is -2.04. The van der Waals surface area contributed by atoms with E-state index in [4.69, 9.17) is 5.73 Å². The lowest BCUT2D eigenvalue weighted by molar-refractivity contribution is 0.532. The maximum absolute atomic E-state index is 13.6. The molecule has 0 bridgehead atoms. The monoisotopic (exact) mass is 296 g/mol. The first kappa shape index (κ1) is 13.2. The fourth-order valence-corrected chi connectivity index (χ4v) is 3.44. The van der Waals surface area contributed by atoms with Crippen molar-refractivity contribution in [3.63, 3.8) is 0 Å². The third-order valence-corrected chi connectivity index (χ3v) is 4.49. The molecule has 2 N–H and O–H groups in total. The number of benzene rings is 1. The van der Waals surface area contributed by atoms with Crippen LogP contribution in [0.3, 0.4) is 0 Å². The summed E-state index contributed by atoms with van der Waals surface area (Å²) in [6.45, 7) is 0. The van der Waals surface area contributed by atoms with E-state index in [-0.39, 0.29) is 5.82 Å². The molecule has 1 aliphatic rings. The normalized spacial score (nSPS) is 15.7. The molecule has 0 unspecified atom stereocenters. The van der Waals surface area contributed by atoms with E-state index in [1.54, 1.807) is 6.07 Å². The Labute approximate surface area is 127 Å². The zero-order chi connectivity index (χ0) is 15.1. The first-order chi connectivity index (χ1) is 10.7. The van der Waals surface area contributed by atoms with Crippen molar-refractivity contribution in [3.8, 4) is 11.1 Å². The zero-order valence-electron chi connectivity index (χ0n) is 12.2. The highest BCUT2D eigenvalue weighted by Crippen LogP contribution is 2.38. The minimum absolute atomic E-state index is 0.255. The average molecular weight is 296 g/mol. The first-order valence-corrected chi connectivity index (χ1v) is 7.61. The molecule has 1 saturated carbocycles. The van der Waals surface area contributed by atoms with Gasteiger partial charge in [-0.2, -0.15) is 0 Å². The van der Waals surface area contributed by atoms with Crippen LogP contribution in [0.4, 0.5) is 10.2 Å². The number of rotatable bonds is 2. The molecule has 2 aromatic heterocycles. The lowest BCUT2D eigenvalue weighted by Gasteiger charge is -2.12. The van der Waals surface area contributed by atoms with Gasteiger partial charge in [-0.3, -0.25) is 0 Å². The molecular weight excluding hydrogens is 279 g/mol. The molecule has 0 atom stereocenters. The van der Waals surface area contributed by atoms with E-state index in [0.29, 0.717) is 11.9 Å². The van der Waals surface area contributed by atoms with Crippen molar-refractivity contribution < 1.29 is 4.39 Å². The Kier molecular flexibility index (Phi) is 3.06. The molecular formula is C17H17FN4. The molecule has 112 valence electrons. The number of aromatic nitrogens is 3. The summed E-state index contributed by atoms with van der Waals surface area (Å²) in [4.78, 5) is 8.55. The molecule has 1 aromatic carbocycles. The minimum Gasteiger partial charge on any atom is -0.383 e. The summed E-state index contributed by atoms with van der Waals surface area (Å²) in [6, 6.07) is 7.02. The van der Waals surface area contributed by atoms with Crippen molar-refractivity contribution in [3.05, 3.63) is 42.6 Å². The van der Waals surface area contributed by atoms with Crippen LogP contribution in [-0.2, 0) is 0 Å². The molecule has 1 aliphatic carbocycles. The van der Waals surface area contributed by atoms with E-state index in [1.807, 2.05) is 6.07 Å². The summed E-state index contributed by atoms with van der Waals surface area (Å²) >= 11 is 0. The number of fused-ring (bicyclic) bond motifs is 1. The van der Waals surface area contributed by atoms with E-state index in [2.05, 4.69) is 20.7 Å². The van der Waals surface area contributed by atoms with Crippen LogP contribution in [0.2, 0.25) is 0 Å². The van der Waals surface area contributed by atoms with Crippen molar-refractivity contribution in [2.24, 2.45) is 0 Å². The number of nitrogen functional groups attached to an aromatic ring is 1. The zero-order valence-corrected chi connectivity index (χ0v) is 12.2. The second-order valence-electron chi connectivity index (χ2n) is 5.86. The van der Waals surface area contributed by atoms with Crippen molar-refractivity contribution in [1.82, 2.24) is 14.5 Å². The summed E-state index contributed by atoms with van der Waals surface area (Å²) in [5.74, 6) is 0.190. The van der Waals surface area contributed by atoms with Gasteiger partial charge in [-0.15, -0.1) is 0 Å². The molecule has 0 amide bonds. The van der Waals surface area contributed by atoms with Gasteiger partial charge in [0, 0.05) is 17.8 Å². The largest absolute Gasteiger partial charge is 0.383 e. The number of hydrogen-bond acceptors (Lipinski definition) is 3. The van der Waals surface area contributed by atoms with Crippen LogP contribution < -0.4 is 5.73 Å². The summed E-state index contributed by atoms with van der Waals surface area (Å²) < 4.78 is 15.8. The number of hydrogen-bond donors (Lipinski definition) is 1. The van der Waals surface area contributed by atoms with Crippen LogP contribution in [0.5, 0.6) is 0 Å². The molecule has 3 aromatic rings. The first-order valence-electron chi connectivity index (χ1n) is 7.61. The molecule has 4 nitrogen and oxygen atoms in total. The second-order valence-corrected chi connectivity index (χ2v) is 5.86. The van der Waals surface area contributed by atoms with E-state index < -0.39 is 0 Å². The van der Waals surface area contributed by atoms with Gasteiger partial charge in [0.2, 0.25) is 0 Å². The molecule has 0 radical (unpaired) electrons.